The van der Waals surface area contributed by atoms with E-state index in [1.165, 1.54) is 44.3 Å². The van der Waals surface area contributed by atoms with E-state index in [0.717, 1.165) is 0 Å². The number of alkyl halides is 3. The van der Waals surface area contributed by atoms with Gasteiger partial charge < -0.3 is 24.8 Å². The summed E-state index contributed by atoms with van der Waals surface area (Å²) in [7, 11) is 0. The van der Waals surface area contributed by atoms with Gasteiger partial charge >= 0.3 is 12.1 Å². The summed E-state index contributed by atoms with van der Waals surface area (Å²) in [6.45, 7) is 7.33. The van der Waals surface area contributed by atoms with E-state index in [4.69, 9.17) is 9.47 Å². The molecule has 1 aromatic heterocycles. The minimum absolute atomic E-state index is 0.270. The maximum Gasteiger partial charge on any atom is 0.420 e. The van der Waals surface area contributed by atoms with Gasteiger partial charge in [-0.15, -0.1) is 11.3 Å². The molecule has 2 aliphatic heterocycles. The molecule has 0 saturated carbocycles. The second-order valence-corrected chi connectivity index (χ2v) is 11.9. The number of ketones is 1. The van der Waals surface area contributed by atoms with Crippen molar-refractivity contribution >= 4 is 29.2 Å². The minimum atomic E-state index is -4.71. The summed E-state index contributed by atoms with van der Waals surface area (Å²) >= 11 is 1.20. The number of fused-ring (bicyclic) bond motifs is 1. The molecule has 8 nitrogen and oxygen atoms in total. The van der Waals surface area contributed by atoms with Crippen LogP contribution in [0.5, 0.6) is 0 Å². The van der Waals surface area contributed by atoms with E-state index >= 15 is 0 Å². The van der Waals surface area contributed by atoms with E-state index in [1.54, 1.807) is 25.3 Å². The van der Waals surface area contributed by atoms with Gasteiger partial charge in [-0.05, 0) is 18.6 Å². The van der Waals surface area contributed by atoms with Gasteiger partial charge in [-0.25, -0.2) is 4.98 Å². The minimum Gasteiger partial charge on any atom is -0.458 e. The standard InChI is InChI=1S/C27H36F3NO7S/c1-14-7-6-8-26(27(28,29)30)20(38-26)10-18(15(2)9-17-13-39-21(12-32)31-17)37-22(34)11-19(33)25(4,5)24(36)16(3)23(14)35/h6-7,9,13-14,16,18-20,23,32-33,35H,8,10-12H2,1-5H3/b7-6+,15-9+/t14-,16+,18-,19-,20?,23-,26?/m0/s1. The number of Topliss-reactive ketones (excluding diaryl/α,β-unsaturated/α-hetero) is 1. The normalized spacial score (nSPS) is 35.7. The molecule has 0 spiro atoms. The van der Waals surface area contributed by atoms with E-state index in [-0.39, 0.29) is 13.0 Å². The highest BCUT2D eigenvalue weighted by Crippen LogP contribution is 2.54. The molecule has 218 valence electrons. The van der Waals surface area contributed by atoms with E-state index in [2.05, 4.69) is 4.98 Å². The Morgan fingerprint density at radius 1 is 1.26 bits per heavy atom. The second-order valence-electron chi connectivity index (χ2n) is 11.0. The lowest BCUT2D eigenvalue weighted by atomic mass is 9.73. The van der Waals surface area contributed by atoms with Crippen molar-refractivity contribution in [1.82, 2.24) is 4.98 Å². The van der Waals surface area contributed by atoms with Crippen LogP contribution in [0.15, 0.2) is 23.1 Å². The van der Waals surface area contributed by atoms with E-state index < -0.39 is 78.0 Å². The molecule has 1 fully saturated rings. The second kappa shape index (κ2) is 11.8. The molecule has 0 aliphatic carbocycles. The highest BCUT2D eigenvalue weighted by molar-refractivity contribution is 7.09. The molecule has 0 radical (unpaired) electrons. The Labute approximate surface area is 229 Å². The molecule has 0 aromatic carbocycles. The van der Waals surface area contributed by atoms with Gasteiger partial charge in [0.15, 0.2) is 5.60 Å². The Balaban J connectivity index is 1.98. The number of epoxide rings is 1. The number of carbonyl (C=O) groups excluding carboxylic acids is 2. The molecular weight excluding hydrogens is 539 g/mol. The van der Waals surface area contributed by atoms with Crippen molar-refractivity contribution in [2.24, 2.45) is 17.3 Å². The van der Waals surface area contributed by atoms with Crippen molar-refractivity contribution in [2.75, 3.05) is 0 Å². The smallest absolute Gasteiger partial charge is 0.420 e. The number of ether oxygens (including phenoxy) is 2. The van der Waals surface area contributed by atoms with Crippen molar-refractivity contribution in [3.63, 3.8) is 0 Å². The summed E-state index contributed by atoms with van der Waals surface area (Å²) in [6, 6.07) is 0. The number of hydrogen-bond acceptors (Lipinski definition) is 9. The molecule has 3 heterocycles. The summed E-state index contributed by atoms with van der Waals surface area (Å²) in [5, 5.41) is 32.9. The lowest BCUT2D eigenvalue weighted by Crippen LogP contribution is -2.45. The van der Waals surface area contributed by atoms with Crippen molar-refractivity contribution in [2.45, 2.75) is 96.7 Å². The highest BCUT2D eigenvalue weighted by atomic mass is 32.1. The van der Waals surface area contributed by atoms with E-state index in [0.29, 0.717) is 16.3 Å². The molecule has 39 heavy (non-hydrogen) atoms. The number of halogens is 3. The van der Waals surface area contributed by atoms with Crippen LogP contribution in [0.3, 0.4) is 0 Å². The summed E-state index contributed by atoms with van der Waals surface area (Å²) in [6.07, 6.45) is -6.95. The molecule has 12 heteroatoms. The molecule has 3 rings (SSSR count). The van der Waals surface area contributed by atoms with Gasteiger partial charge in [0.1, 0.15) is 23.0 Å². The molecule has 2 aliphatic rings. The van der Waals surface area contributed by atoms with Crippen LogP contribution in [0.4, 0.5) is 13.2 Å². The zero-order valence-electron chi connectivity index (χ0n) is 22.6. The van der Waals surface area contributed by atoms with Gasteiger partial charge in [0.25, 0.3) is 0 Å². The average Bonchev–Trinajstić information content (AvgIpc) is 3.38. The largest absolute Gasteiger partial charge is 0.458 e. The predicted molar refractivity (Wildman–Crippen MR) is 137 cm³/mol. The number of aromatic nitrogens is 1. The Bertz CT molecular complexity index is 1120. The van der Waals surface area contributed by atoms with Crippen molar-refractivity contribution in [3.8, 4) is 0 Å². The van der Waals surface area contributed by atoms with Gasteiger partial charge in [-0.3, -0.25) is 9.59 Å². The maximum atomic E-state index is 14.1. The molecule has 0 bridgehead atoms. The highest BCUT2D eigenvalue weighted by Gasteiger charge is 2.72. The van der Waals surface area contributed by atoms with Crippen LogP contribution < -0.4 is 0 Å². The lowest BCUT2D eigenvalue weighted by Gasteiger charge is -2.34. The number of carbonyl (C=O) groups is 2. The summed E-state index contributed by atoms with van der Waals surface area (Å²) in [5.74, 6) is -3.00. The van der Waals surface area contributed by atoms with Crippen molar-refractivity contribution in [3.05, 3.63) is 33.8 Å². The Morgan fingerprint density at radius 3 is 2.51 bits per heavy atom. The maximum absolute atomic E-state index is 14.1. The first-order valence-electron chi connectivity index (χ1n) is 12.8. The fourth-order valence-electron chi connectivity index (χ4n) is 4.87. The zero-order valence-corrected chi connectivity index (χ0v) is 23.4. The predicted octanol–water partition coefficient (Wildman–Crippen LogP) is 3.98. The number of thiazole rings is 1. The van der Waals surface area contributed by atoms with E-state index in [9.17, 15) is 38.1 Å². The topological polar surface area (TPSA) is 129 Å². The van der Waals surface area contributed by atoms with Crippen LogP contribution >= 0.6 is 11.3 Å². The molecule has 3 N–H and O–H groups in total. The van der Waals surface area contributed by atoms with Crippen LogP contribution in [0.25, 0.3) is 6.08 Å². The van der Waals surface area contributed by atoms with Crippen LogP contribution in [-0.4, -0.2) is 68.2 Å². The van der Waals surface area contributed by atoms with Crippen LogP contribution in [0, 0.1) is 17.3 Å². The Hall–Kier alpha value is -2.12. The fraction of sp³-hybridized carbons (Fsp3) is 0.667. The first kappa shape index (κ1) is 31.4. The number of rotatable bonds is 3. The monoisotopic (exact) mass is 575 g/mol. The van der Waals surface area contributed by atoms with Crippen molar-refractivity contribution in [1.29, 1.82) is 0 Å². The fourth-order valence-corrected chi connectivity index (χ4v) is 5.48. The Morgan fingerprint density at radius 2 is 1.92 bits per heavy atom. The SMILES string of the molecule is C/C(=C\c1csc(CO)n1)[C@@H]1CC2OC2(C(F)(F)F)C/C=C/[C@H](C)[C@H](O)[C@@H](C)C(=O)C(C)(C)[C@@H](O)CC(=O)O1. The number of nitrogens with zero attached hydrogens (tertiary/aromatic N) is 1. The third kappa shape index (κ3) is 6.79. The van der Waals surface area contributed by atoms with Crippen molar-refractivity contribution < 1.29 is 47.6 Å². The first-order chi connectivity index (χ1) is 18.0. The third-order valence-corrected chi connectivity index (χ3v) is 8.59. The number of hydrogen-bond donors (Lipinski definition) is 3. The quantitative estimate of drug-likeness (QED) is 0.281. The first-order valence-corrected chi connectivity index (χ1v) is 13.7. The average molecular weight is 576 g/mol. The molecule has 7 atom stereocenters. The molecule has 1 saturated heterocycles. The van der Waals surface area contributed by atoms with Gasteiger partial charge in [0.05, 0.1) is 36.3 Å². The molecule has 2 unspecified atom stereocenters. The van der Waals surface area contributed by atoms with Crippen LogP contribution in [0.1, 0.15) is 64.6 Å². The van der Waals surface area contributed by atoms with Gasteiger partial charge in [0.2, 0.25) is 0 Å². The molecular formula is C27H36F3NO7S. The van der Waals surface area contributed by atoms with Crippen LogP contribution in [-0.2, 0) is 25.7 Å². The van der Waals surface area contributed by atoms with Gasteiger partial charge in [0, 0.05) is 30.1 Å². The number of cyclic esters (lactones) is 1. The third-order valence-electron chi connectivity index (χ3n) is 7.74. The number of aliphatic hydroxyl groups excluding tert-OH is 3. The summed E-state index contributed by atoms with van der Waals surface area (Å²) in [5.41, 5.74) is -3.05. The number of aliphatic hydroxyl groups is 3. The van der Waals surface area contributed by atoms with E-state index in [1.807, 2.05) is 0 Å². The van der Waals surface area contributed by atoms with Gasteiger partial charge in [-0.1, -0.05) is 39.8 Å². The van der Waals surface area contributed by atoms with Crippen LogP contribution in [0.2, 0.25) is 0 Å². The lowest BCUT2D eigenvalue weighted by molar-refractivity contribution is -0.183. The summed E-state index contributed by atoms with van der Waals surface area (Å²) < 4.78 is 53.2. The molecule has 1 aromatic rings. The Kier molecular flexibility index (Phi) is 9.48. The molecule has 0 amide bonds. The number of esters is 1. The van der Waals surface area contributed by atoms with Gasteiger partial charge in [-0.2, -0.15) is 13.2 Å². The summed E-state index contributed by atoms with van der Waals surface area (Å²) in [4.78, 5) is 30.3. The zero-order chi connectivity index (χ0) is 29.3.